The summed E-state index contributed by atoms with van der Waals surface area (Å²) in [5.41, 5.74) is 1.60. The van der Waals surface area contributed by atoms with Gasteiger partial charge in [-0.3, -0.25) is 8.99 Å². The molecule has 1 fully saturated rings. The molecular weight excluding hydrogens is 429 g/mol. The molecule has 2 heterocycles. The highest BCUT2D eigenvalue weighted by atomic mass is 32.2. The highest BCUT2D eigenvalue weighted by Crippen LogP contribution is 2.31. The van der Waals surface area contributed by atoms with E-state index >= 15 is 0 Å². The van der Waals surface area contributed by atoms with Crippen LogP contribution in [-0.4, -0.2) is 38.0 Å². The maximum atomic E-state index is 14.2. The third-order valence-electron chi connectivity index (χ3n) is 6.01. The third-order valence-corrected chi connectivity index (χ3v) is 7.79. The second kappa shape index (κ2) is 9.19. The largest absolute Gasteiger partial charge is 0.381 e. The fourth-order valence-electron chi connectivity index (χ4n) is 4.20. The smallest absolute Gasteiger partial charge is 0.264 e. The van der Waals surface area contributed by atoms with Gasteiger partial charge in [0.1, 0.15) is 5.82 Å². The van der Waals surface area contributed by atoms with Crippen LogP contribution in [0.25, 0.3) is 10.9 Å². The molecule has 0 unspecified atom stereocenters. The molecule has 0 spiro atoms. The Labute approximate surface area is 189 Å². The first-order valence-corrected chi connectivity index (χ1v) is 12.5. The molecule has 3 aromatic rings. The van der Waals surface area contributed by atoms with E-state index in [1.54, 1.807) is 37.4 Å². The van der Waals surface area contributed by atoms with Gasteiger partial charge in [-0.15, -0.1) is 0 Å². The summed E-state index contributed by atoms with van der Waals surface area (Å²) in [6, 6.07) is 9.66. The molecule has 0 N–H and O–H groups in total. The predicted molar refractivity (Wildman–Crippen MR) is 124 cm³/mol. The van der Waals surface area contributed by atoms with Crippen molar-refractivity contribution in [3.05, 3.63) is 54.0 Å². The summed E-state index contributed by atoms with van der Waals surface area (Å²) in [6.07, 6.45) is 3.73. The second-order valence-corrected chi connectivity index (χ2v) is 10.8. The average Bonchev–Trinajstić information content (AvgIpc) is 3.17. The molecule has 0 saturated carbocycles. The van der Waals surface area contributed by atoms with Crippen molar-refractivity contribution < 1.29 is 17.5 Å². The van der Waals surface area contributed by atoms with Gasteiger partial charge in [0, 0.05) is 37.3 Å². The number of rotatable bonds is 7. The van der Waals surface area contributed by atoms with Crippen LogP contribution in [0.5, 0.6) is 0 Å². The molecule has 6 nitrogen and oxygen atoms in total. The van der Waals surface area contributed by atoms with Crippen molar-refractivity contribution in [3.63, 3.8) is 0 Å². The van der Waals surface area contributed by atoms with Crippen LogP contribution in [0.15, 0.2) is 47.5 Å². The SMILES string of the molecule is Cc1c(F)cccc1N(CC(C)C)S(=O)(=O)c1ccc2c(cnn2CC2CCOCC2)c1. The van der Waals surface area contributed by atoms with Crippen molar-refractivity contribution in [1.82, 2.24) is 9.78 Å². The van der Waals surface area contributed by atoms with E-state index in [1.165, 1.54) is 10.4 Å². The monoisotopic (exact) mass is 459 g/mol. The molecule has 172 valence electrons. The number of hydrogen-bond acceptors (Lipinski definition) is 4. The molecular formula is C24H30FN3O3S. The summed E-state index contributed by atoms with van der Waals surface area (Å²) >= 11 is 0. The lowest BCUT2D eigenvalue weighted by molar-refractivity contribution is 0.0605. The Bertz CT molecular complexity index is 1200. The van der Waals surface area contributed by atoms with Crippen LogP contribution in [0, 0.1) is 24.6 Å². The van der Waals surface area contributed by atoms with Gasteiger partial charge in [0.15, 0.2) is 0 Å². The third kappa shape index (κ3) is 4.52. The van der Waals surface area contributed by atoms with Crippen molar-refractivity contribution >= 4 is 26.6 Å². The minimum atomic E-state index is -3.88. The van der Waals surface area contributed by atoms with Crippen LogP contribution in [0.1, 0.15) is 32.3 Å². The summed E-state index contributed by atoms with van der Waals surface area (Å²) in [5.74, 6) is 0.155. The van der Waals surface area contributed by atoms with E-state index in [0.717, 1.165) is 43.5 Å². The Hall–Kier alpha value is -2.45. The standard InChI is InChI=1S/C24H30FN3O3S/c1-17(2)15-28(23-6-4-5-22(25)18(23)3)32(29,30)21-7-8-24-20(13-21)14-26-27(24)16-19-9-11-31-12-10-19/h4-8,13-14,17,19H,9-12,15-16H2,1-3H3. The van der Waals surface area contributed by atoms with Gasteiger partial charge in [-0.1, -0.05) is 19.9 Å². The molecule has 0 atom stereocenters. The molecule has 1 aliphatic heterocycles. The van der Waals surface area contributed by atoms with E-state index < -0.39 is 15.8 Å². The van der Waals surface area contributed by atoms with Crippen molar-refractivity contribution in [2.24, 2.45) is 11.8 Å². The number of benzene rings is 2. The van der Waals surface area contributed by atoms with Crippen LogP contribution >= 0.6 is 0 Å². The number of hydrogen-bond donors (Lipinski definition) is 0. The van der Waals surface area contributed by atoms with Crippen LogP contribution in [0.2, 0.25) is 0 Å². The minimum Gasteiger partial charge on any atom is -0.381 e. The molecule has 1 saturated heterocycles. The first-order chi connectivity index (χ1) is 15.3. The molecule has 1 aliphatic rings. The van der Waals surface area contributed by atoms with Gasteiger partial charge in [-0.05, 0) is 61.9 Å². The maximum absolute atomic E-state index is 14.2. The van der Waals surface area contributed by atoms with E-state index in [9.17, 15) is 12.8 Å². The van der Waals surface area contributed by atoms with Crippen molar-refractivity contribution in [3.8, 4) is 0 Å². The maximum Gasteiger partial charge on any atom is 0.264 e. The molecule has 8 heteroatoms. The predicted octanol–water partition coefficient (Wildman–Crippen LogP) is 4.76. The highest BCUT2D eigenvalue weighted by Gasteiger charge is 2.28. The number of halogens is 1. The van der Waals surface area contributed by atoms with Crippen molar-refractivity contribution in [2.45, 2.75) is 45.1 Å². The zero-order valence-corrected chi connectivity index (χ0v) is 19.6. The Morgan fingerprint density at radius 1 is 1.22 bits per heavy atom. The number of aromatic nitrogens is 2. The van der Waals surface area contributed by atoms with E-state index in [1.807, 2.05) is 24.6 Å². The van der Waals surface area contributed by atoms with Crippen molar-refractivity contribution in [1.29, 1.82) is 0 Å². The minimum absolute atomic E-state index is 0.0680. The van der Waals surface area contributed by atoms with Gasteiger partial charge in [-0.2, -0.15) is 5.10 Å². The lowest BCUT2D eigenvalue weighted by Crippen LogP contribution is -2.35. The number of ether oxygens (including phenoxy) is 1. The molecule has 1 aromatic heterocycles. The van der Waals surface area contributed by atoms with Crippen LogP contribution in [0.4, 0.5) is 10.1 Å². The zero-order valence-electron chi connectivity index (χ0n) is 18.8. The van der Waals surface area contributed by atoms with Gasteiger partial charge in [0.05, 0.1) is 22.3 Å². The topological polar surface area (TPSA) is 64.4 Å². The fraction of sp³-hybridized carbons (Fsp3) is 0.458. The summed E-state index contributed by atoms with van der Waals surface area (Å²) < 4.78 is 50.3. The summed E-state index contributed by atoms with van der Waals surface area (Å²) in [5, 5.41) is 5.28. The molecule has 2 aromatic carbocycles. The Morgan fingerprint density at radius 2 is 1.97 bits per heavy atom. The first kappa shape index (κ1) is 22.7. The van der Waals surface area contributed by atoms with Crippen LogP contribution in [0.3, 0.4) is 0 Å². The first-order valence-electron chi connectivity index (χ1n) is 11.1. The number of nitrogens with zero attached hydrogens (tertiary/aromatic N) is 3. The zero-order chi connectivity index (χ0) is 22.9. The van der Waals surface area contributed by atoms with Gasteiger partial charge in [-0.25, -0.2) is 12.8 Å². The average molecular weight is 460 g/mol. The molecule has 0 amide bonds. The normalized spacial score (nSPS) is 15.5. The van der Waals surface area contributed by atoms with E-state index in [2.05, 4.69) is 5.10 Å². The molecule has 4 rings (SSSR count). The van der Waals surface area contributed by atoms with Gasteiger partial charge >= 0.3 is 0 Å². The fourth-order valence-corrected chi connectivity index (χ4v) is 5.92. The van der Waals surface area contributed by atoms with Crippen molar-refractivity contribution in [2.75, 3.05) is 24.1 Å². The Kier molecular flexibility index (Phi) is 6.53. The van der Waals surface area contributed by atoms with E-state index in [4.69, 9.17) is 4.74 Å². The number of sulfonamides is 1. The van der Waals surface area contributed by atoms with Gasteiger partial charge in [0.2, 0.25) is 0 Å². The lowest BCUT2D eigenvalue weighted by Gasteiger charge is -2.28. The van der Waals surface area contributed by atoms with E-state index in [0.29, 0.717) is 17.2 Å². The molecule has 32 heavy (non-hydrogen) atoms. The molecule has 0 aliphatic carbocycles. The van der Waals surface area contributed by atoms with Crippen LogP contribution < -0.4 is 4.31 Å². The summed E-state index contributed by atoms with van der Waals surface area (Å²) in [4.78, 5) is 0.180. The molecule has 0 radical (unpaired) electrons. The lowest BCUT2D eigenvalue weighted by atomic mass is 10.0. The number of anilines is 1. The Morgan fingerprint density at radius 3 is 2.69 bits per heavy atom. The number of fused-ring (bicyclic) bond motifs is 1. The van der Waals surface area contributed by atoms with Gasteiger partial charge < -0.3 is 4.74 Å². The van der Waals surface area contributed by atoms with Crippen LogP contribution in [-0.2, 0) is 21.3 Å². The molecule has 0 bridgehead atoms. The Balaban J connectivity index is 1.69. The van der Waals surface area contributed by atoms with Gasteiger partial charge in [0.25, 0.3) is 10.0 Å². The highest BCUT2D eigenvalue weighted by molar-refractivity contribution is 7.92. The second-order valence-electron chi connectivity index (χ2n) is 8.92. The summed E-state index contributed by atoms with van der Waals surface area (Å²) in [6.45, 7) is 8.10. The quantitative estimate of drug-likeness (QED) is 0.511. The van der Waals surface area contributed by atoms with E-state index in [-0.39, 0.29) is 17.4 Å². The summed E-state index contributed by atoms with van der Waals surface area (Å²) in [7, 11) is -3.88.